The minimum absolute atomic E-state index is 0.0572. The molecule has 6 nitrogen and oxygen atoms in total. The summed E-state index contributed by atoms with van der Waals surface area (Å²) in [6.07, 6.45) is 0.588. The van der Waals surface area contributed by atoms with Gasteiger partial charge in [0.25, 0.3) is 0 Å². The summed E-state index contributed by atoms with van der Waals surface area (Å²) in [6, 6.07) is 5.87. The van der Waals surface area contributed by atoms with Crippen molar-refractivity contribution in [3.8, 4) is 0 Å². The van der Waals surface area contributed by atoms with Crippen LogP contribution >= 0.6 is 11.6 Å². The summed E-state index contributed by atoms with van der Waals surface area (Å²) in [5, 5.41) is 6.12. The molecular weight excluding hydrogens is 330 g/mol. The Labute approximate surface area is 147 Å². The minimum Gasteiger partial charge on any atom is -0.378 e. The molecule has 1 heterocycles. The van der Waals surface area contributed by atoms with E-state index in [1.165, 1.54) is 0 Å². The van der Waals surface area contributed by atoms with Crippen molar-refractivity contribution in [2.75, 3.05) is 31.6 Å². The fourth-order valence-electron chi connectivity index (χ4n) is 2.56. The third-order valence-corrected chi connectivity index (χ3v) is 3.99. The Morgan fingerprint density at radius 3 is 2.42 bits per heavy atom. The number of carbonyl (C=O) groups is 2. The van der Waals surface area contributed by atoms with Crippen LogP contribution in [0.25, 0.3) is 0 Å². The van der Waals surface area contributed by atoms with Crippen LogP contribution in [0.15, 0.2) is 24.3 Å². The molecule has 3 amide bonds. The fraction of sp³-hybridized carbons (Fsp3) is 0.529. The van der Waals surface area contributed by atoms with Gasteiger partial charge in [0.2, 0.25) is 5.91 Å². The van der Waals surface area contributed by atoms with E-state index in [-0.39, 0.29) is 11.8 Å². The second kappa shape index (κ2) is 8.89. The molecule has 1 fully saturated rings. The first-order valence-corrected chi connectivity index (χ1v) is 8.53. The quantitative estimate of drug-likeness (QED) is 0.855. The van der Waals surface area contributed by atoms with Crippen LogP contribution in [0.5, 0.6) is 0 Å². The number of nitrogens with one attached hydrogen (secondary N) is 2. The van der Waals surface area contributed by atoms with Crippen LogP contribution in [0, 0.1) is 5.92 Å². The summed E-state index contributed by atoms with van der Waals surface area (Å²) in [6.45, 7) is 6.26. The molecule has 0 bridgehead atoms. The molecule has 1 aliphatic rings. The number of ether oxygens (including phenoxy) is 1. The predicted octanol–water partition coefficient (Wildman–Crippen LogP) is 2.74. The molecule has 0 aliphatic carbocycles. The molecule has 7 heteroatoms. The Morgan fingerprint density at radius 1 is 1.21 bits per heavy atom. The van der Waals surface area contributed by atoms with Crippen molar-refractivity contribution in [1.82, 2.24) is 10.2 Å². The van der Waals surface area contributed by atoms with Crippen molar-refractivity contribution >= 4 is 29.2 Å². The highest BCUT2D eigenvalue weighted by Gasteiger charge is 2.27. The molecule has 24 heavy (non-hydrogen) atoms. The van der Waals surface area contributed by atoms with Crippen LogP contribution in [0.3, 0.4) is 0 Å². The van der Waals surface area contributed by atoms with E-state index in [1.807, 2.05) is 13.8 Å². The lowest BCUT2D eigenvalue weighted by Crippen LogP contribution is -2.52. The van der Waals surface area contributed by atoms with Crippen LogP contribution in [0.2, 0.25) is 5.02 Å². The van der Waals surface area contributed by atoms with E-state index in [9.17, 15) is 9.59 Å². The summed E-state index contributed by atoms with van der Waals surface area (Å²) < 4.78 is 5.28. The first kappa shape index (κ1) is 18.5. The Bertz CT molecular complexity index is 557. The van der Waals surface area contributed by atoms with Gasteiger partial charge in [-0.25, -0.2) is 4.79 Å². The molecule has 0 spiro atoms. The molecule has 0 aromatic heterocycles. The smallest absolute Gasteiger partial charge is 0.319 e. The summed E-state index contributed by atoms with van der Waals surface area (Å²) in [7, 11) is 0. The van der Waals surface area contributed by atoms with E-state index in [4.69, 9.17) is 16.3 Å². The molecule has 0 saturated carbocycles. The number of benzene rings is 1. The fourth-order valence-corrected chi connectivity index (χ4v) is 2.68. The number of hydrogen-bond acceptors (Lipinski definition) is 3. The molecule has 0 unspecified atom stereocenters. The second-order valence-electron chi connectivity index (χ2n) is 6.23. The zero-order chi connectivity index (χ0) is 17.5. The first-order chi connectivity index (χ1) is 11.5. The molecule has 2 N–H and O–H groups in total. The van der Waals surface area contributed by atoms with Gasteiger partial charge in [0, 0.05) is 23.8 Å². The van der Waals surface area contributed by atoms with Crippen LogP contribution in [0.1, 0.15) is 20.3 Å². The number of halogens is 1. The molecule has 0 radical (unpaired) electrons. The highest BCUT2D eigenvalue weighted by Crippen LogP contribution is 2.14. The van der Waals surface area contributed by atoms with Crippen molar-refractivity contribution in [2.45, 2.75) is 26.3 Å². The molecule has 1 aromatic carbocycles. The van der Waals surface area contributed by atoms with E-state index in [0.29, 0.717) is 43.4 Å². The zero-order valence-electron chi connectivity index (χ0n) is 14.0. The highest BCUT2D eigenvalue weighted by atomic mass is 35.5. The van der Waals surface area contributed by atoms with Crippen LogP contribution in [-0.2, 0) is 9.53 Å². The lowest BCUT2D eigenvalue weighted by atomic mass is 10.0. The van der Waals surface area contributed by atoms with Crippen LogP contribution < -0.4 is 10.6 Å². The number of urea groups is 1. The standard InChI is InChI=1S/C17H24ClN3O3/c1-12(2)11-15(16(22)21-7-9-24-10-8-21)20-17(23)19-14-5-3-13(18)4-6-14/h3-6,12,15H,7-11H2,1-2H3,(H2,19,20,23)/t15-/m1/s1. The van der Waals surface area contributed by atoms with Gasteiger partial charge in [0.15, 0.2) is 0 Å². The number of amides is 3. The first-order valence-electron chi connectivity index (χ1n) is 8.15. The molecule has 2 rings (SSSR count). The van der Waals surface area contributed by atoms with Gasteiger partial charge in [-0.3, -0.25) is 4.79 Å². The van der Waals surface area contributed by atoms with E-state index in [1.54, 1.807) is 29.2 Å². The number of carbonyl (C=O) groups excluding carboxylic acids is 2. The number of morpholine rings is 1. The Balaban J connectivity index is 1.97. The molecule has 1 aromatic rings. The number of rotatable bonds is 5. The normalized spacial score (nSPS) is 15.9. The maximum atomic E-state index is 12.7. The third-order valence-electron chi connectivity index (χ3n) is 3.74. The van der Waals surface area contributed by atoms with Gasteiger partial charge in [0.05, 0.1) is 13.2 Å². The van der Waals surface area contributed by atoms with Crippen molar-refractivity contribution in [3.63, 3.8) is 0 Å². The maximum Gasteiger partial charge on any atom is 0.319 e. The third kappa shape index (κ3) is 5.69. The number of anilines is 1. The second-order valence-corrected chi connectivity index (χ2v) is 6.66. The average molecular weight is 354 g/mol. The van der Waals surface area contributed by atoms with E-state index in [2.05, 4.69) is 10.6 Å². The maximum absolute atomic E-state index is 12.7. The lowest BCUT2D eigenvalue weighted by Gasteiger charge is -2.31. The van der Waals surface area contributed by atoms with Gasteiger partial charge in [-0.1, -0.05) is 25.4 Å². The van der Waals surface area contributed by atoms with Crippen molar-refractivity contribution in [3.05, 3.63) is 29.3 Å². The lowest BCUT2D eigenvalue weighted by molar-refractivity contribution is -0.137. The molecular formula is C17H24ClN3O3. The summed E-state index contributed by atoms with van der Waals surface area (Å²) >= 11 is 5.83. The number of nitrogens with zero attached hydrogens (tertiary/aromatic N) is 1. The summed E-state index contributed by atoms with van der Waals surface area (Å²) in [4.78, 5) is 26.7. The average Bonchev–Trinajstić information content (AvgIpc) is 2.56. The largest absolute Gasteiger partial charge is 0.378 e. The van der Waals surface area contributed by atoms with E-state index >= 15 is 0 Å². The molecule has 132 valence electrons. The van der Waals surface area contributed by atoms with Crippen LogP contribution in [0.4, 0.5) is 10.5 Å². The van der Waals surface area contributed by atoms with Gasteiger partial charge in [-0.15, -0.1) is 0 Å². The van der Waals surface area contributed by atoms with Gasteiger partial charge in [0.1, 0.15) is 6.04 Å². The minimum atomic E-state index is -0.546. The SMILES string of the molecule is CC(C)C[C@@H](NC(=O)Nc1ccc(Cl)cc1)C(=O)N1CCOCC1. The monoisotopic (exact) mass is 353 g/mol. The molecule has 1 saturated heterocycles. The van der Waals surface area contributed by atoms with Gasteiger partial charge in [-0.05, 0) is 36.6 Å². The van der Waals surface area contributed by atoms with Crippen LogP contribution in [-0.4, -0.2) is 49.2 Å². The summed E-state index contributed by atoms with van der Waals surface area (Å²) in [5.74, 6) is 0.231. The van der Waals surface area contributed by atoms with Gasteiger partial charge in [-0.2, -0.15) is 0 Å². The summed E-state index contributed by atoms with van der Waals surface area (Å²) in [5.41, 5.74) is 0.624. The molecule has 1 atom stereocenters. The van der Waals surface area contributed by atoms with Crippen molar-refractivity contribution < 1.29 is 14.3 Å². The van der Waals surface area contributed by atoms with Gasteiger partial charge >= 0.3 is 6.03 Å². The van der Waals surface area contributed by atoms with Crippen molar-refractivity contribution in [2.24, 2.45) is 5.92 Å². The Kier molecular flexibility index (Phi) is 6.87. The Hall–Kier alpha value is -1.79. The Morgan fingerprint density at radius 2 is 1.83 bits per heavy atom. The van der Waals surface area contributed by atoms with Gasteiger partial charge < -0.3 is 20.3 Å². The van der Waals surface area contributed by atoms with Crippen molar-refractivity contribution in [1.29, 1.82) is 0 Å². The zero-order valence-corrected chi connectivity index (χ0v) is 14.8. The van der Waals surface area contributed by atoms with E-state index in [0.717, 1.165) is 0 Å². The van der Waals surface area contributed by atoms with E-state index < -0.39 is 12.1 Å². The topological polar surface area (TPSA) is 70.7 Å². The highest BCUT2D eigenvalue weighted by molar-refractivity contribution is 6.30. The predicted molar refractivity (Wildman–Crippen MR) is 94.2 cm³/mol. The number of hydrogen-bond donors (Lipinski definition) is 2. The molecule has 1 aliphatic heterocycles.